The van der Waals surface area contributed by atoms with Gasteiger partial charge in [-0.3, -0.25) is 0 Å². The normalized spacial score (nSPS) is 15.4. The number of aromatic nitrogens is 2. The van der Waals surface area contributed by atoms with Gasteiger partial charge in [0.15, 0.2) is 11.4 Å². The smallest absolute Gasteiger partial charge is 0.196 e. The number of anilines is 1. The molecular weight excluding hydrogens is 250 g/mol. The molecule has 0 amide bonds. The van der Waals surface area contributed by atoms with E-state index in [0.717, 1.165) is 22.3 Å². The number of benzene rings is 1. The fourth-order valence-corrected chi connectivity index (χ4v) is 2.24. The van der Waals surface area contributed by atoms with Crippen LogP contribution in [0.3, 0.4) is 0 Å². The SMILES string of the molecule is Clc1ccc2oc3c(NC4CC4)ncnc3c2c1. The Hall–Kier alpha value is -1.81. The highest BCUT2D eigenvalue weighted by Gasteiger charge is 2.23. The average molecular weight is 260 g/mol. The van der Waals surface area contributed by atoms with Crippen molar-refractivity contribution in [3.63, 3.8) is 0 Å². The first-order chi connectivity index (χ1) is 8.81. The third kappa shape index (κ3) is 1.53. The largest absolute Gasteiger partial charge is 0.450 e. The minimum atomic E-state index is 0.528. The number of halogens is 1. The number of nitrogens with one attached hydrogen (secondary N) is 1. The Morgan fingerprint density at radius 2 is 2.17 bits per heavy atom. The molecule has 0 saturated heterocycles. The number of rotatable bonds is 2. The number of hydrogen-bond donors (Lipinski definition) is 1. The fourth-order valence-electron chi connectivity index (χ4n) is 2.07. The van der Waals surface area contributed by atoms with Crippen LogP contribution in [0.5, 0.6) is 0 Å². The van der Waals surface area contributed by atoms with Crippen LogP contribution in [0.4, 0.5) is 5.82 Å². The van der Waals surface area contributed by atoms with Crippen LogP contribution in [0.2, 0.25) is 5.02 Å². The average Bonchev–Trinajstić information content (AvgIpc) is 3.10. The van der Waals surface area contributed by atoms with E-state index < -0.39 is 0 Å². The molecule has 1 N–H and O–H groups in total. The Morgan fingerprint density at radius 3 is 3.00 bits per heavy atom. The zero-order valence-corrected chi connectivity index (χ0v) is 10.2. The fraction of sp³-hybridized carbons (Fsp3) is 0.231. The van der Waals surface area contributed by atoms with Crippen LogP contribution in [0, 0.1) is 0 Å². The van der Waals surface area contributed by atoms with Crippen molar-refractivity contribution in [3.8, 4) is 0 Å². The molecule has 90 valence electrons. The zero-order chi connectivity index (χ0) is 12.1. The van der Waals surface area contributed by atoms with E-state index in [1.165, 1.54) is 12.8 Å². The predicted octanol–water partition coefficient (Wildman–Crippen LogP) is 3.60. The van der Waals surface area contributed by atoms with E-state index in [9.17, 15) is 0 Å². The van der Waals surface area contributed by atoms with E-state index in [-0.39, 0.29) is 0 Å². The van der Waals surface area contributed by atoms with Gasteiger partial charge in [-0.1, -0.05) is 11.6 Å². The Bertz CT molecular complexity index is 748. The molecule has 1 aromatic carbocycles. The summed E-state index contributed by atoms with van der Waals surface area (Å²) in [6.07, 6.45) is 3.94. The van der Waals surface area contributed by atoms with Gasteiger partial charge in [0.1, 0.15) is 17.4 Å². The number of hydrogen-bond acceptors (Lipinski definition) is 4. The van der Waals surface area contributed by atoms with Gasteiger partial charge in [-0.05, 0) is 31.0 Å². The Kier molecular flexibility index (Phi) is 2.02. The summed E-state index contributed by atoms with van der Waals surface area (Å²) in [6, 6.07) is 6.07. The van der Waals surface area contributed by atoms with Crippen molar-refractivity contribution < 1.29 is 4.42 Å². The van der Waals surface area contributed by atoms with Gasteiger partial charge in [-0.25, -0.2) is 9.97 Å². The standard InChI is InChI=1S/C13H10ClN3O/c14-7-1-4-10-9(5-7)11-12(18-10)13(16-6-15-11)17-8-2-3-8/h1,4-6,8H,2-3H2,(H,15,16,17). The van der Waals surface area contributed by atoms with Crippen LogP contribution >= 0.6 is 11.6 Å². The summed E-state index contributed by atoms with van der Waals surface area (Å²) in [4.78, 5) is 8.55. The minimum Gasteiger partial charge on any atom is -0.450 e. The third-order valence-corrected chi connectivity index (χ3v) is 3.37. The predicted molar refractivity (Wildman–Crippen MR) is 71.0 cm³/mol. The van der Waals surface area contributed by atoms with Crippen LogP contribution < -0.4 is 5.32 Å². The highest BCUT2D eigenvalue weighted by atomic mass is 35.5. The first kappa shape index (κ1) is 10.1. The lowest BCUT2D eigenvalue weighted by Gasteiger charge is -2.01. The summed E-state index contributed by atoms with van der Waals surface area (Å²) >= 11 is 6.01. The van der Waals surface area contributed by atoms with Gasteiger partial charge in [0.2, 0.25) is 0 Å². The molecule has 0 bridgehead atoms. The molecule has 0 atom stereocenters. The van der Waals surface area contributed by atoms with E-state index >= 15 is 0 Å². The first-order valence-electron chi connectivity index (χ1n) is 5.90. The molecule has 2 aromatic heterocycles. The second kappa shape index (κ2) is 3.59. The molecule has 3 aromatic rings. The molecule has 5 heteroatoms. The maximum atomic E-state index is 6.01. The first-order valence-corrected chi connectivity index (χ1v) is 6.28. The van der Waals surface area contributed by atoms with Gasteiger partial charge in [0.25, 0.3) is 0 Å². The number of nitrogens with zero attached hydrogens (tertiary/aromatic N) is 2. The van der Waals surface area contributed by atoms with Crippen molar-refractivity contribution in [1.29, 1.82) is 0 Å². The van der Waals surface area contributed by atoms with E-state index in [1.54, 1.807) is 6.33 Å². The number of furan rings is 1. The molecule has 0 unspecified atom stereocenters. The molecule has 0 radical (unpaired) electrons. The van der Waals surface area contributed by atoms with Crippen molar-refractivity contribution in [2.45, 2.75) is 18.9 Å². The Morgan fingerprint density at radius 1 is 1.28 bits per heavy atom. The second-order valence-electron chi connectivity index (χ2n) is 4.56. The molecule has 0 aliphatic heterocycles. The molecule has 4 nitrogen and oxygen atoms in total. The maximum Gasteiger partial charge on any atom is 0.196 e. The number of fused-ring (bicyclic) bond motifs is 3. The molecule has 1 saturated carbocycles. The van der Waals surface area contributed by atoms with Crippen molar-refractivity contribution in [2.75, 3.05) is 5.32 Å². The van der Waals surface area contributed by atoms with Crippen LogP contribution in [0.25, 0.3) is 22.1 Å². The van der Waals surface area contributed by atoms with Crippen LogP contribution in [0.15, 0.2) is 28.9 Å². The summed E-state index contributed by atoms with van der Waals surface area (Å²) < 4.78 is 5.82. The van der Waals surface area contributed by atoms with E-state index in [1.807, 2.05) is 18.2 Å². The summed E-state index contributed by atoms with van der Waals surface area (Å²) in [5.41, 5.74) is 2.31. The third-order valence-electron chi connectivity index (χ3n) is 3.13. The highest BCUT2D eigenvalue weighted by Crippen LogP contribution is 2.34. The summed E-state index contributed by atoms with van der Waals surface area (Å²) in [5.74, 6) is 0.773. The molecule has 18 heavy (non-hydrogen) atoms. The van der Waals surface area contributed by atoms with Gasteiger partial charge in [-0.2, -0.15) is 0 Å². The Labute approximate surface area is 108 Å². The van der Waals surface area contributed by atoms with E-state index in [2.05, 4.69) is 15.3 Å². The maximum absolute atomic E-state index is 6.01. The molecule has 0 spiro atoms. The quantitative estimate of drug-likeness (QED) is 0.764. The van der Waals surface area contributed by atoms with Gasteiger partial charge < -0.3 is 9.73 Å². The molecular formula is C13H10ClN3O. The topological polar surface area (TPSA) is 51.0 Å². The van der Waals surface area contributed by atoms with Crippen LogP contribution in [-0.2, 0) is 0 Å². The lowest BCUT2D eigenvalue weighted by molar-refractivity contribution is 0.666. The van der Waals surface area contributed by atoms with Crippen molar-refractivity contribution in [1.82, 2.24) is 9.97 Å². The molecule has 1 aliphatic rings. The molecule has 2 heterocycles. The van der Waals surface area contributed by atoms with Gasteiger partial charge >= 0.3 is 0 Å². The second-order valence-corrected chi connectivity index (χ2v) is 5.00. The lowest BCUT2D eigenvalue weighted by Crippen LogP contribution is -2.03. The van der Waals surface area contributed by atoms with Crippen LogP contribution in [0.1, 0.15) is 12.8 Å². The van der Waals surface area contributed by atoms with Crippen molar-refractivity contribution in [3.05, 3.63) is 29.5 Å². The van der Waals surface area contributed by atoms with Crippen LogP contribution in [-0.4, -0.2) is 16.0 Å². The monoisotopic (exact) mass is 259 g/mol. The van der Waals surface area contributed by atoms with E-state index in [0.29, 0.717) is 16.6 Å². The molecule has 4 rings (SSSR count). The summed E-state index contributed by atoms with van der Waals surface area (Å²) in [5, 5.41) is 4.97. The Balaban J connectivity index is 2.00. The van der Waals surface area contributed by atoms with Gasteiger partial charge in [-0.15, -0.1) is 0 Å². The minimum absolute atomic E-state index is 0.528. The summed E-state index contributed by atoms with van der Waals surface area (Å²) in [7, 11) is 0. The lowest BCUT2D eigenvalue weighted by atomic mass is 10.2. The summed E-state index contributed by atoms with van der Waals surface area (Å²) in [6.45, 7) is 0. The molecule has 1 fully saturated rings. The highest BCUT2D eigenvalue weighted by molar-refractivity contribution is 6.31. The van der Waals surface area contributed by atoms with Gasteiger partial charge in [0, 0.05) is 16.5 Å². The molecule has 1 aliphatic carbocycles. The van der Waals surface area contributed by atoms with Gasteiger partial charge in [0.05, 0.1) is 0 Å². The van der Waals surface area contributed by atoms with E-state index in [4.69, 9.17) is 16.0 Å². The zero-order valence-electron chi connectivity index (χ0n) is 9.48. The van der Waals surface area contributed by atoms with Crippen molar-refractivity contribution in [2.24, 2.45) is 0 Å². The van der Waals surface area contributed by atoms with Crippen molar-refractivity contribution >= 4 is 39.5 Å².